The van der Waals surface area contributed by atoms with Crippen LogP contribution in [0, 0.1) is 17.5 Å². The Morgan fingerprint density at radius 1 is 1.16 bits per heavy atom. The van der Waals surface area contributed by atoms with E-state index in [-0.39, 0.29) is 12.2 Å². The summed E-state index contributed by atoms with van der Waals surface area (Å²) in [4.78, 5) is 0. The van der Waals surface area contributed by atoms with Gasteiger partial charge < -0.3 is 9.73 Å². The van der Waals surface area contributed by atoms with Crippen LogP contribution in [0.15, 0.2) is 28.7 Å². The van der Waals surface area contributed by atoms with Crippen molar-refractivity contribution in [1.82, 2.24) is 0 Å². The third-order valence-electron chi connectivity index (χ3n) is 2.45. The van der Waals surface area contributed by atoms with Crippen molar-refractivity contribution in [3.05, 3.63) is 53.2 Å². The van der Waals surface area contributed by atoms with Gasteiger partial charge in [0, 0.05) is 12.1 Å². The summed E-state index contributed by atoms with van der Waals surface area (Å²) in [6.07, 6.45) is 1.95. The molecule has 2 rings (SSSR count). The van der Waals surface area contributed by atoms with Gasteiger partial charge in [0.1, 0.15) is 17.3 Å². The van der Waals surface area contributed by atoms with Crippen molar-refractivity contribution in [2.45, 2.75) is 12.3 Å². The molecule has 0 amide bonds. The number of hydrogen-bond acceptors (Lipinski definition) is 3. The number of furan rings is 1. The Morgan fingerprint density at radius 3 is 2.63 bits per heavy atom. The highest BCUT2D eigenvalue weighted by molar-refractivity contribution is 7.97. The van der Waals surface area contributed by atoms with E-state index < -0.39 is 17.5 Å². The van der Waals surface area contributed by atoms with Crippen molar-refractivity contribution in [3.63, 3.8) is 0 Å². The molecular weight excluding hydrogens is 275 g/mol. The standard InChI is InChI=1S/C13H12F3NOS/c1-19-7-10-3-2-9(18-10)6-17-12-5-8(14)4-11(15)13(12)16/h2-5,17H,6-7H2,1H3. The second-order valence-corrected chi connectivity index (χ2v) is 4.77. The van der Waals surface area contributed by atoms with Crippen LogP contribution in [0.5, 0.6) is 0 Å². The first-order valence-electron chi connectivity index (χ1n) is 5.55. The minimum absolute atomic E-state index is 0.161. The molecule has 0 radical (unpaired) electrons. The minimum atomic E-state index is -1.22. The van der Waals surface area contributed by atoms with Crippen LogP contribution in [0.3, 0.4) is 0 Å². The van der Waals surface area contributed by atoms with Crippen molar-refractivity contribution >= 4 is 17.4 Å². The number of nitrogens with one attached hydrogen (secondary N) is 1. The molecule has 1 aromatic heterocycles. The van der Waals surface area contributed by atoms with Gasteiger partial charge in [0.05, 0.1) is 18.0 Å². The Hall–Kier alpha value is -1.56. The van der Waals surface area contributed by atoms with E-state index in [0.717, 1.165) is 17.6 Å². The molecule has 19 heavy (non-hydrogen) atoms. The van der Waals surface area contributed by atoms with Crippen molar-refractivity contribution < 1.29 is 17.6 Å². The van der Waals surface area contributed by atoms with Gasteiger partial charge in [-0.25, -0.2) is 13.2 Å². The van der Waals surface area contributed by atoms with E-state index in [1.165, 1.54) is 0 Å². The Labute approximate surface area is 113 Å². The van der Waals surface area contributed by atoms with Crippen LogP contribution in [0.25, 0.3) is 0 Å². The summed E-state index contributed by atoms with van der Waals surface area (Å²) in [5.74, 6) is -1.03. The number of halogens is 3. The van der Waals surface area contributed by atoms with Gasteiger partial charge in [-0.05, 0) is 18.4 Å². The average molecular weight is 287 g/mol. The first kappa shape index (κ1) is 13.9. The molecule has 0 saturated heterocycles. The zero-order chi connectivity index (χ0) is 13.8. The molecule has 0 saturated carbocycles. The zero-order valence-electron chi connectivity index (χ0n) is 10.2. The summed E-state index contributed by atoms with van der Waals surface area (Å²) in [6.45, 7) is 0.161. The number of hydrogen-bond donors (Lipinski definition) is 1. The molecule has 1 heterocycles. The van der Waals surface area contributed by atoms with Gasteiger partial charge >= 0.3 is 0 Å². The fourth-order valence-corrected chi connectivity index (χ4v) is 2.04. The van der Waals surface area contributed by atoms with Gasteiger partial charge in [0.25, 0.3) is 0 Å². The Kier molecular flexibility index (Phi) is 4.42. The predicted octanol–water partition coefficient (Wildman–Crippen LogP) is 4.17. The molecule has 0 unspecified atom stereocenters. The van der Waals surface area contributed by atoms with E-state index in [1.807, 2.05) is 12.3 Å². The monoisotopic (exact) mass is 287 g/mol. The van der Waals surface area contributed by atoms with Gasteiger partial charge in [-0.2, -0.15) is 11.8 Å². The zero-order valence-corrected chi connectivity index (χ0v) is 11.0. The maximum Gasteiger partial charge on any atom is 0.182 e. The van der Waals surface area contributed by atoms with Crippen LogP contribution < -0.4 is 5.32 Å². The summed E-state index contributed by atoms with van der Waals surface area (Å²) >= 11 is 1.62. The third kappa shape index (κ3) is 3.47. The fraction of sp³-hybridized carbons (Fsp3) is 0.231. The highest BCUT2D eigenvalue weighted by Crippen LogP contribution is 2.20. The summed E-state index contributed by atoms with van der Waals surface area (Å²) < 4.78 is 44.8. The molecule has 0 spiro atoms. The van der Waals surface area contributed by atoms with E-state index in [1.54, 1.807) is 17.8 Å². The van der Waals surface area contributed by atoms with E-state index in [4.69, 9.17) is 4.42 Å². The van der Waals surface area contributed by atoms with Crippen LogP contribution in [0.2, 0.25) is 0 Å². The number of anilines is 1. The first-order valence-corrected chi connectivity index (χ1v) is 6.94. The van der Waals surface area contributed by atoms with E-state index in [2.05, 4.69) is 5.32 Å². The lowest BCUT2D eigenvalue weighted by Crippen LogP contribution is -2.03. The number of rotatable bonds is 5. The predicted molar refractivity (Wildman–Crippen MR) is 69.6 cm³/mol. The Balaban J connectivity index is 2.05. The molecule has 0 atom stereocenters. The first-order chi connectivity index (χ1) is 9.10. The normalized spacial score (nSPS) is 10.7. The molecule has 0 fully saturated rings. The molecule has 0 aliphatic carbocycles. The summed E-state index contributed by atoms with van der Waals surface area (Å²) in [6, 6.07) is 4.97. The second kappa shape index (κ2) is 6.06. The third-order valence-corrected chi connectivity index (χ3v) is 3.02. The van der Waals surface area contributed by atoms with E-state index in [0.29, 0.717) is 11.8 Å². The lowest BCUT2D eigenvalue weighted by atomic mass is 10.2. The Bertz CT molecular complexity index is 571. The molecule has 1 aromatic carbocycles. The van der Waals surface area contributed by atoms with Crippen molar-refractivity contribution in [2.75, 3.05) is 11.6 Å². The van der Waals surface area contributed by atoms with Gasteiger partial charge in [0.2, 0.25) is 0 Å². The maximum absolute atomic E-state index is 13.4. The smallest absolute Gasteiger partial charge is 0.182 e. The molecule has 0 aliphatic rings. The highest BCUT2D eigenvalue weighted by atomic mass is 32.2. The minimum Gasteiger partial charge on any atom is -0.463 e. The average Bonchev–Trinajstić information content (AvgIpc) is 2.80. The largest absolute Gasteiger partial charge is 0.463 e. The van der Waals surface area contributed by atoms with Crippen LogP contribution in [0.4, 0.5) is 18.9 Å². The van der Waals surface area contributed by atoms with Gasteiger partial charge in [-0.15, -0.1) is 0 Å². The molecule has 2 aromatic rings. The highest BCUT2D eigenvalue weighted by Gasteiger charge is 2.11. The van der Waals surface area contributed by atoms with Crippen molar-refractivity contribution in [2.24, 2.45) is 0 Å². The van der Waals surface area contributed by atoms with Gasteiger partial charge in [-0.1, -0.05) is 0 Å². The van der Waals surface area contributed by atoms with E-state index >= 15 is 0 Å². The topological polar surface area (TPSA) is 25.2 Å². The molecule has 6 heteroatoms. The number of thioether (sulfide) groups is 1. The lowest BCUT2D eigenvalue weighted by Gasteiger charge is -2.06. The quantitative estimate of drug-likeness (QED) is 0.835. The summed E-state index contributed by atoms with van der Waals surface area (Å²) in [5, 5.41) is 2.61. The second-order valence-electron chi connectivity index (χ2n) is 3.90. The lowest BCUT2D eigenvalue weighted by molar-refractivity contribution is 0.482. The SMILES string of the molecule is CSCc1ccc(CNc2cc(F)cc(F)c2F)o1. The van der Waals surface area contributed by atoms with Crippen LogP contribution in [0.1, 0.15) is 11.5 Å². The summed E-state index contributed by atoms with van der Waals surface area (Å²) in [5.41, 5.74) is -0.222. The van der Waals surface area contributed by atoms with Gasteiger partial charge in [-0.3, -0.25) is 0 Å². The molecule has 102 valence electrons. The molecule has 2 nitrogen and oxygen atoms in total. The molecule has 1 N–H and O–H groups in total. The van der Waals surface area contributed by atoms with E-state index in [9.17, 15) is 13.2 Å². The molecule has 0 bridgehead atoms. The van der Waals surface area contributed by atoms with Crippen LogP contribution >= 0.6 is 11.8 Å². The van der Waals surface area contributed by atoms with Crippen molar-refractivity contribution in [1.29, 1.82) is 0 Å². The number of benzene rings is 1. The van der Waals surface area contributed by atoms with Crippen molar-refractivity contribution in [3.8, 4) is 0 Å². The maximum atomic E-state index is 13.4. The van der Waals surface area contributed by atoms with Crippen LogP contribution in [-0.4, -0.2) is 6.26 Å². The summed E-state index contributed by atoms with van der Waals surface area (Å²) in [7, 11) is 0. The van der Waals surface area contributed by atoms with Gasteiger partial charge in [0.15, 0.2) is 11.6 Å². The fourth-order valence-electron chi connectivity index (χ4n) is 1.60. The molecular formula is C13H12F3NOS. The molecule has 0 aliphatic heterocycles. The van der Waals surface area contributed by atoms with Crippen LogP contribution in [-0.2, 0) is 12.3 Å². The Morgan fingerprint density at radius 2 is 1.89 bits per heavy atom.